The molecule has 144 valence electrons. The number of nitrogens with two attached hydrogens (primary N) is 1. The van der Waals surface area contributed by atoms with E-state index in [0.29, 0.717) is 45.1 Å². The van der Waals surface area contributed by atoms with Crippen LogP contribution >= 0.6 is 12.4 Å². The number of rotatable bonds is 2. The highest BCUT2D eigenvalue weighted by Gasteiger charge is 2.39. The van der Waals surface area contributed by atoms with E-state index in [1.807, 2.05) is 0 Å². The summed E-state index contributed by atoms with van der Waals surface area (Å²) in [5, 5.41) is 0. The largest absolute Gasteiger partial charge is 0.338 e. The van der Waals surface area contributed by atoms with Crippen LogP contribution in [0.1, 0.15) is 42.5 Å². The summed E-state index contributed by atoms with van der Waals surface area (Å²) in [6.45, 7) is 1.40. The van der Waals surface area contributed by atoms with E-state index >= 15 is 0 Å². The van der Waals surface area contributed by atoms with Crippen LogP contribution in [0.25, 0.3) is 0 Å². The first-order valence-corrected chi connectivity index (χ1v) is 8.73. The van der Waals surface area contributed by atoms with Gasteiger partial charge in [0.1, 0.15) is 11.6 Å². The molecule has 1 aromatic rings. The van der Waals surface area contributed by atoms with Crippen LogP contribution in [0.4, 0.5) is 8.78 Å². The van der Waals surface area contributed by atoms with E-state index in [9.17, 15) is 18.4 Å². The Hall–Kier alpha value is -1.73. The second-order valence-corrected chi connectivity index (χ2v) is 6.93. The van der Waals surface area contributed by atoms with Gasteiger partial charge >= 0.3 is 0 Å². The highest BCUT2D eigenvalue weighted by atomic mass is 35.5. The number of benzene rings is 1. The van der Waals surface area contributed by atoms with Crippen LogP contribution in [0.5, 0.6) is 0 Å². The maximum atomic E-state index is 13.8. The average molecular weight is 388 g/mol. The molecule has 2 fully saturated rings. The lowest BCUT2D eigenvalue weighted by molar-refractivity contribution is -0.139. The van der Waals surface area contributed by atoms with Crippen LogP contribution in [-0.4, -0.2) is 53.3 Å². The van der Waals surface area contributed by atoms with Crippen molar-refractivity contribution in [2.24, 2.45) is 5.73 Å². The lowest BCUT2D eigenvalue weighted by atomic mass is 9.81. The molecule has 0 atom stereocenters. The van der Waals surface area contributed by atoms with Crippen molar-refractivity contribution in [2.75, 3.05) is 26.2 Å². The average Bonchev–Trinajstić information content (AvgIpc) is 2.61. The third kappa shape index (κ3) is 4.15. The van der Waals surface area contributed by atoms with Crippen molar-refractivity contribution < 1.29 is 18.4 Å². The van der Waals surface area contributed by atoms with Gasteiger partial charge in [-0.15, -0.1) is 12.4 Å². The van der Waals surface area contributed by atoms with Crippen molar-refractivity contribution in [2.45, 2.75) is 37.6 Å². The summed E-state index contributed by atoms with van der Waals surface area (Å²) in [6.07, 6.45) is 4.43. The fourth-order valence-electron chi connectivity index (χ4n) is 3.66. The normalized spacial score (nSPS) is 19.7. The first kappa shape index (κ1) is 20.6. The molecular formula is C18H24ClF2N3O2. The highest BCUT2D eigenvalue weighted by molar-refractivity contribution is 5.94. The molecule has 2 aliphatic rings. The minimum absolute atomic E-state index is 0. The molecule has 1 saturated carbocycles. The summed E-state index contributed by atoms with van der Waals surface area (Å²) < 4.78 is 26.8. The molecule has 0 bridgehead atoms. The zero-order valence-electron chi connectivity index (χ0n) is 14.5. The number of hydrogen-bond donors (Lipinski definition) is 1. The van der Waals surface area contributed by atoms with Crippen molar-refractivity contribution in [3.63, 3.8) is 0 Å². The van der Waals surface area contributed by atoms with Crippen molar-refractivity contribution in [3.8, 4) is 0 Å². The first-order chi connectivity index (χ1) is 11.9. The third-order valence-corrected chi connectivity index (χ3v) is 5.19. The minimum Gasteiger partial charge on any atom is -0.338 e. The lowest BCUT2D eigenvalue weighted by Crippen LogP contribution is -2.60. The molecule has 0 radical (unpaired) electrons. The number of hydrogen-bond acceptors (Lipinski definition) is 3. The number of carbonyl (C=O) groups is 2. The summed E-state index contributed by atoms with van der Waals surface area (Å²) >= 11 is 0. The standard InChI is InChI=1S/C18H23F2N3O2.ClH/c19-13-4-5-14(15(20)12-13)16(24)22-8-10-23(11-9-22)17(25)18(21)6-2-1-3-7-18;/h4-5,12H,1-3,6-11,21H2;1H. The van der Waals surface area contributed by atoms with Gasteiger partial charge in [-0.1, -0.05) is 19.3 Å². The van der Waals surface area contributed by atoms with E-state index in [4.69, 9.17) is 5.73 Å². The molecule has 26 heavy (non-hydrogen) atoms. The molecule has 1 aliphatic heterocycles. The molecule has 1 heterocycles. The Morgan fingerprint density at radius 1 is 0.962 bits per heavy atom. The summed E-state index contributed by atoms with van der Waals surface area (Å²) in [5.41, 5.74) is 5.36. The van der Waals surface area contributed by atoms with E-state index in [-0.39, 0.29) is 23.9 Å². The number of carbonyl (C=O) groups excluding carboxylic acids is 2. The molecule has 5 nitrogen and oxygen atoms in total. The highest BCUT2D eigenvalue weighted by Crippen LogP contribution is 2.28. The maximum absolute atomic E-state index is 13.8. The van der Waals surface area contributed by atoms with Crippen molar-refractivity contribution in [1.82, 2.24) is 9.80 Å². The first-order valence-electron chi connectivity index (χ1n) is 8.73. The lowest BCUT2D eigenvalue weighted by Gasteiger charge is -2.41. The topological polar surface area (TPSA) is 66.6 Å². The predicted molar refractivity (Wildman–Crippen MR) is 96.1 cm³/mol. The van der Waals surface area contributed by atoms with Gasteiger partial charge in [0.2, 0.25) is 5.91 Å². The molecule has 2 amide bonds. The molecule has 8 heteroatoms. The molecule has 2 N–H and O–H groups in total. The Morgan fingerprint density at radius 2 is 1.54 bits per heavy atom. The van der Waals surface area contributed by atoms with Crippen molar-refractivity contribution >= 4 is 24.2 Å². The van der Waals surface area contributed by atoms with Gasteiger partial charge in [-0.25, -0.2) is 8.78 Å². The van der Waals surface area contributed by atoms with Crippen molar-refractivity contribution in [3.05, 3.63) is 35.4 Å². The van der Waals surface area contributed by atoms with Gasteiger partial charge in [0.15, 0.2) is 0 Å². The number of piperazine rings is 1. The molecule has 1 aliphatic carbocycles. The summed E-state index contributed by atoms with van der Waals surface area (Å²) in [4.78, 5) is 28.3. The molecule has 0 aromatic heterocycles. The predicted octanol–water partition coefficient (Wildman–Crippen LogP) is 2.33. The minimum atomic E-state index is -0.869. The van der Waals surface area contributed by atoms with Gasteiger partial charge in [-0.05, 0) is 25.0 Å². The van der Waals surface area contributed by atoms with Gasteiger partial charge < -0.3 is 15.5 Å². The van der Waals surface area contributed by atoms with Crippen LogP contribution in [-0.2, 0) is 4.79 Å². The molecular weight excluding hydrogens is 364 g/mol. The second-order valence-electron chi connectivity index (χ2n) is 6.93. The fourth-order valence-corrected chi connectivity index (χ4v) is 3.66. The molecule has 1 aromatic carbocycles. The number of amides is 2. The fraction of sp³-hybridized carbons (Fsp3) is 0.556. The van der Waals surface area contributed by atoms with Crippen molar-refractivity contribution in [1.29, 1.82) is 0 Å². The maximum Gasteiger partial charge on any atom is 0.256 e. The Balaban J connectivity index is 0.00000243. The van der Waals surface area contributed by atoms with Gasteiger partial charge in [0.25, 0.3) is 5.91 Å². The molecule has 3 rings (SSSR count). The van der Waals surface area contributed by atoms with E-state index in [0.717, 1.165) is 31.4 Å². The Kier molecular flexibility index (Phi) is 6.58. The number of halogens is 3. The summed E-state index contributed by atoms with van der Waals surface area (Å²) in [5.74, 6) is -2.12. The third-order valence-electron chi connectivity index (χ3n) is 5.19. The Labute approximate surface area is 157 Å². The van der Waals surface area contributed by atoms with Crippen LogP contribution < -0.4 is 5.73 Å². The SMILES string of the molecule is Cl.NC1(C(=O)N2CCN(C(=O)c3ccc(F)cc3F)CC2)CCCCC1. The quantitative estimate of drug-likeness (QED) is 0.847. The van der Waals surface area contributed by atoms with E-state index in [2.05, 4.69) is 0 Å². The van der Waals surface area contributed by atoms with Crippen LogP contribution in [0.2, 0.25) is 0 Å². The summed E-state index contributed by atoms with van der Waals surface area (Å²) in [6, 6.07) is 2.92. The number of nitrogens with zero attached hydrogens (tertiary/aromatic N) is 2. The van der Waals surface area contributed by atoms with Gasteiger partial charge in [-0.3, -0.25) is 9.59 Å². The second kappa shape index (κ2) is 8.31. The Bertz CT molecular complexity index is 672. The van der Waals surface area contributed by atoms with Gasteiger partial charge in [0.05, 0.1) is 11.1 Å². The van der Waals surface area contributed by atoms with Gasteiger partial charge in [0, 0.05) is 32.2 Å². The van der Waals surface area contributed by atoms with Crippen LogP contribution in [0.15, 0.2) is 18.2 Å². The summed E-state index contributed by atoms with van der Waals surface area (Å²) in [7, 11) is 0. The van der Waals surface area contributed by atoms with Crippen LogP contribution in [0, 0.1) is 11.6 Å². The smallest absolute Gasteiger partial charge is 0.256 e. The molecule has 1 saturated heterocycles. The Morgan fingerprint density at radius 3 is 2.12 bits per heavy atom. The molecule has 0 unspecified atom stereocenters. The zero-order valence-corrected chi connectivity index (χ0v) is 15.4. The van der Waals surface area contributed by atoms with Gasteiger partial charge in [-0.2, -0.15) is 0 Å². The van der Waals surface area contributed by atoms with E-state index in [1.165, 1.54) is 4.90 Å². The van der Waals surface area contributed by atoms with Crippen LogP contribution in [0.3, 0.4) is 0 Å². The monoisotopic (exact) mass is 387 g/mol. The van der Waals surface area contributed by atoms with E-state index in [1.54, 1.807) is 4.90 Å². The zero-order chi connectivity index (χ0) is 18.0. The van der Waals surface area contributed by atoms with E-state index < -0.39 is 23.1 Å². The molecule has 0 spiro atoms.